The lowest BCUT2D eigenvalue weighted by Crippen LogP contribution is -2.23. The van der Waals surface area contributed by atoms with Gasteiger partial charge in [0.15, 0.2) is 11.6 Å². The van der Waals surface area contributed by atoms with E-state index >= 15 is 0 Å². The van der Waals surface area contributed by atoms with Gasteiger partial charge in [0.1, 0.15) is 34.5 Å². The maximum absolute atomic E-state index is 13.9. The van der Waals surface area contributed by atoms with Gasteiger partial charge in [-0.05, 0) is 44.4 Å². The Kier molecular flexibility index (Phi) is 6.01. The Morgan fingerprint density at radius 2 is 1.89 bits per heavy atom. The van der Waals surface area contributed by atoms with Gasteiger partial charge in [0, 0.05) is 30.2 Å². The van der Waals surface area contributed by atoms with E-state index in [1.165, 1.54) is 4.57 Å². The van der Waals surface area contributed by atoms with Crippen molar-refractivity contribution in [2.45, 2.75) is 38.9 Å². The first-order valence-electron chi connectivity index (χ1n) is 11.0. The van der Waals surface area contributed by atoms with Crippen LogP contribution in [0.2, 0.25) is 5.02 Å². The third-order valence-electron chi connectivity index (χ3n) is 5.92. The molecule has 5 rings (SSSR count). The van der Waals surface area contributed by atoms with Crippen LogP contribution < -0.4 is 10.3 Å². The Morgan fingerprint density at radius 1 is 1.11 bits per heavy atom. The molecule has 0 radical (unpaired) electrons. The minimum absolute atomic E-state index is 0.0472. The smallest absolute Gasteiger partial charge is 0.277 e. The highest BCUT2D eigenvalue weighted by atomic mass is 35.5. The van der Waals surface area contributed by atoms with E-state index in [4.69, 9.17) is 16.3 Å². The lowest BCUT2D eigenvalue weighted by atomic mass is 10.1. The van der Waals surface area contributed by atoms with E-state index in [0.717, 1.165) is 6.20 Å². The Labute approximate surface area is 209 Å². The average molecular weight is 512 g/mol. The molecule has 36 heavy (non-hydrogen) atoms. The van der Waals surface area contributed by atoms with Gasteiger partial charge < -0.3 is 9.84 Å². The van der Waals surface area contributed by atoms with Crippen molar-refractivity contribution in [1.82, 2.24) is 24.5 Å². The standard InChI is InChI=1S/C25H20ClF2N5O3/c1-13-10-30-18(17-3-6-29-24(32-17)25(35)4-5-25)9-20(13)33-14(2)7-21(22(26)23(33)34)36-12-19-16(28)8-15(27)11-31-19/h3,6-11,35H,4-5,12H2,1-2H3. The van der Waals surface area contributed by atoms with Crippen LogP contribution in [0.1, 0.15) is 35.6 Å². The van der Waals surface area contributed by atoms with Crippen LogP contribution in [0.25, 0.3) is 17.1 Å². The van der Waals surface area contributed by atoms with Gasteiger partial charge in [0.25, 0.3) is 5.56 Å². The van der Waals surface area contributed by atoms with Gasteiger partial charge >= 0.3 is 0 Å². The number of aryl methyl sites for hydroxylation is 2. The maximum atomic E-state index is 13.9. The molecule has 11 heteroatoms. The predicted molar refractivity (Wildman–Crippen MR) is 127 cm³/mol. The Morgan fingerprint density at radius 3 is 2.61 bits per heavy atom. The third-order valence-corrected chi connectivity index (χ3v) is 6.27. The molecule has 0 bridgehead atoms. The summed E-state index contributed by atoms with van der Waals surface area (Å²) < 4.78 is 34.0. The van der Waals surface area contributed by atoms with Crippen molar-refractivity contribution >= 4 is 11.6 Å². The molecule has 1 aliphatic carbocycles. The molecular formula is C25H20ClF2N5O3. The zero-order chi connectivity index (χ0) is 25.6. The molecule has 0 aliphatic heterocycles. The lowest BCUT2D eigenvalue weighted by molar-refractivity contribution is 0.141. The fourth-order valence-corrected chi connectivity index (χ4v) is 3.94. The van der Waals surface area contributed by atoms with Crippen LogP contribution in [-0.2, 0) is 12.2 Å². The molecule has 4 aromatic rings. The van der Waals surface area contributed by atoms with Crippen LogP contribution in [0.3, 0.4) is 0 Å². The number of aromatic nitrogens is 5. The number of rotatable bonds is 6. The van der Waals surface area contributed by atoms with Crippen molar-refractivity contribution in [2.75, 3.05) is 0 Å². The van der Waals surface area contributed by atoms with Crippen LogP contribution >= 0.6 is 11.6 Å². The maximum Gasteiger partial charge on any atom is 0.277 e. The van der Waals surface area contributed by atoms with Gasteiger partial charge in [0.05, 0.1) is 23.3 Å². The van der Waals surface area contributed by atoms with Crippen molar-refractivity contribution in [3.63, 3.8) is 0 Å². The largest absolute Gasteiger partial charge is 0.485 e. The Balaban J connectivity index is 1.50. The quantitative estimate of drug-likeness (QED) is 0.414. The molecule has 4 aromatic heterocycles. The normalized spacial score (nSPS) is 14.1. The minimum atomic E-state index is -0.993. The highest BCUT2D eigenvalue weighted by Crippen LogP contribution is 2.43. The molecule has 8 nitrogen and oxygen atoms in total. The summed E-state index contributed by atoms with van der Waals surface area (Å²) in [6, 6.07) is 5.64. The van der Waals surface area contributed by atoms with Crippen LogP contribution in [0.4, 0.5) is 8.78 Å². The van der Waals surface area contributed by atoms with Gasteiger partial charge in [-0.3, -0.25) is 19.3 Å². The van der Waals surface area contributed by atoms with Crippen molar-refractivity contribution in [3.05, 3.63) is 92.6 Å². The van der Waals surface area contributed by atoms with Crippen molar-refractivity contribution in [3.8, 4) is 22.8 Å². The summed E-state index contributed by atoms with van der Waals surface area (Å²) in [4.78, 5) is 30.0. The van der Waals surface area contributed by atoms with E-state index in [1.807, 2.05) is 0 Å². The van der Waals surface area contributed by atoms with Gasteiger partial charge in [-0.1, -0.05) is 11.6 Å². The number of halogens is 3. The molecule has 1 N–H and O–H groups in total. The zero-order valence-electron chi connectivity index (χ0n) is 19.3. The van der Waals surface area contributed by atoms with Gasteiger partial charge in [-0.2, -0.15) is 0 Å². The number of hydrogen-bond donors (Lipinski definition) is 1. The highest BCUT2D eigenvalue weighted by molar-refractivity contribution is 6.31. The monoisotopic (exact) mass is 511 g/mol. The first-order valence-corrected chi connectivity index (χ1v) is 11.4. The number of ether oxygens (including phenoxy) is 1. The van der Waals surface area contributed by atoms with Gasteiger partial charge in [-0.25, -0.2) is 18.7 Å². The van der Waals surface area contributed by atoms with Gasteiger partial charge in [0.2, 0.25) is 0 Å². The zero-order valence-corrected chi connectivity index (χ0v) is 20.1. The summed E-state index contributed by atoms with van der Waals surface area (Å²) in [5.74, 6) is -1.28. The van der Waals surface area contributed by atoms with Crippen LogP contribution in [0.15, 0.2) is 47.7 Å². The fourth-order valence-electron chi connectivity index (χ4n) is 3.74. The molecule has 1 fully saturated rings. The summed E-state index contributed by atoms with van der Waals surface area (Å²) in [7, 11) is 0. The Hall–Kier alpha value is -3.76. The van der Waals surface area contributed by atoms with Crippen LogP contribution in [0.5, 0.6) is 5.75 Å². The molecule has 4 heterocycles. The SMILES string of the molecule is Cc1cnc(-c2ccnc(C3(O)CC3)n2)cc1-n1c(C)cc(OCc2ncc(F)cc2F)c(Cl)c1=O. The van der Waals surface area contributed by atoms with Crippen LogP contribution in [0, 0.1) is 25.5 Å². The Bertz CT molecular complexity index is 1560. The topological polar surface area (TPSA) is 103 Å². The van der Waals surface area contributed by atoms with Crippen molar-refractivity contribution < 1.29 is 18.6 Å². The molecule has 0 saturated heterocycles. The molecule has 0 amide bonds. The molecule has 0 aromatic carbocycles. The van der Waals surface area contributed by atoms with E-state index in [9.17, 15) is 18.7 Å². The third kappa shape index (κ3) is 4.45. The second-order valence-corrected chi connectivity index (χ2v) is 9.01. The average Bonchev–Trinajstić information content (AvgIpc) is 3.61. The molecular weight excluding hydrogens is 492 g/mol. The van der Waals surface area contributed by atoms with E-state index in [-0.39, 0.29) is 23.1 Å². The number of nitrogens with zero attached hydrogens (tertiary/aromatic N) is 5. The number of pyridine rings is 3. The first-order chi connectivity index (χ1) is 17.2. The second-order valence-electron chi connectivity index (χ2n) is 8.63. The van der Waals surface area contributed by atoms with Gasteiger partial charge in [-0.15, -0.1) is 0 Å². The summed E-state index contributed by atoms with van der Waals surface area (Å²) in [6.07, 6.45) is 5.27. The first kappa shape index (κ1) is 24.0. The number of hydrogen-bond acceptors (Lipinski definition) is 7. The summed E-state index contributed by atoms with van der Waals surface area (Å²) in [5.41, 5.74) is 1.08. The molecule has 184 valence electrons. The van der Waals surface area contributed by atoms with E-state index in [0.29, 0.717) is 53.1 Å². The predicted octanol–water partition coefficient (Wildman–Crippen LogP) is 4.19. The summed E-state index contributed by atoms with van der Waals surface area (Å²) in [6.45, 7) is 3.17. The molecule has 1 aliphatic rings. The molecule has 0 spiro atoms. The second kappa shape index (κ2) is 9.03. The highest BCUT2D eigenvalue weighted by Gasteiger charge is 2.45. The van der Waals surface area contributed by atoms with E-state index in [2.05, 4.69) is 19.9 Å². The molecule has 1 saturated carbocycles. The lowest BCUT2D eigenvalue weighted by Gasteiger charge is -2.17. The summed E-state index contributed by atoms with van der Waals surface area (Å²) in [5, 5.41) is 10.2. The van der Waals surface area contributed by atoms with Crippen LogP contribution in [-0.4, -0.2) is 29.6 Å². The molecule has 0 unspecified atom stereocenters. The number of aliphatic hydroxyl groups is 1. The van der Waals surface area contributed by atoms with Crippen molar-refractivity contribution in [2.24, 2.45) is 0 Å². The minimum Gasteiger partial charge on any atom is -0.485 e. The van der Waals surface area contributed by atoms with Crippen molar-refractivity contribution in [1.29, 1.82) is 0 Å². The summed E-state index contributed by atoms with van der Waals surface area (Å²) >= 11 is 6.34. The van der Waals surface area contributed by atoms with E-state index < -0.39 is 22.8 Å². The fraction of sp³-hybridized carbons (Fsp3) is 0.240. The molecule has 0 atom stereocenters. The van der Waals surface area contributed by atoms with E-state index in [1.54, 1.807) is 44.4 Å².